The molecule has 0 aromatic carbocycles. The molecule has 0 saturated heterocycles. The van der Waals surface area contributed by atoms with E-state index in [0.717, 1.165) is 5.82 Å². The minimum absolute atomic E-state index is 0.408. The van der Waals surface area contributed by atoms with E-state index in [1.165, 1.54) is 19.3 Å². The van der Waals surface area contributed by atoms with Gasteiger partial charge < -0.3 is 16.8 Å². The first-order chi connectivity index (χ1) is 7.16. The topological polar surface area (TPSA) is 77.0 Å². The second-order valence-electron chi connectivity index (χ2n) is 4.33. The maximum atomic E-state index is 5.65. The number of anilines is 3. The Morgan fingerprint density at radius 1 is 1.33 bits per heavy atom. The molecular weight excluding hydrogens is 188 g/mol. The van der Waals surface area contributed by atoms with E-state index in [1.54, 1.807) is 6.07 Å². The molecule has 1 aliphatic rings. The molecule has 2 unspecified atom stereocenters. The molecule has 1 saturated carbocycles. The van der Waals surface area contributed by atoms with Crippen LogP contribution < -0.4 is 16.8 Å². The lowest BCUT2D eigenvalue weighted by Crippen LogP contribution is -2.22. The fraction of sp³-hybridized carbons (Fsp3) is 0.545. The molecule has 4 heteroatoms. The van der Waals surface area contributed by atoms with Crippen LogP contribution in [0.1, 0.15) is 26.2 Å². The van der Waals surface area contributed by atoms with E-state index in [2.05, 4.69) is 17.2 Å². The highest BCUT2D eigenvalue weighted by atomic mass is 15.0. The molecule has 0 amide bonds. The molecule has 1 fully saturated rings. The molecule has 82 valence electrons. The molecule has 0 radical (unpaired) electrons. The highest BCUT2D eigenvalue weighted by Crippen LogP contribution is 2.28. The third-order valence-corrected chi connectivity index (χ3v) is 3.15. The number of aromatic nitrogens is 1. The molecule has 5 N–H and O–H groups in total. The van der Waals surface area contributed by atoms with Crippen LogP contribution in [0.5, 0.6) is 0 Å². The Morgan fingerprint density at radius 2 is 2.13 bits per heavy atom. The van der Waals surface area contributed by atoms with Crippen LogP contribution >= 0.6 is 0 Å². The Bertz CT molecular complexity index is 350. The van der Waals surface area contributed by atoms with Gasteiger partial charge in [0.2, 0.25) is 0 Å². The van der Waals surface area contributed by atoms with Gasteiger partial charge in [0, 0.05) is 6.04 Å². The number of pyridine rings is 1. The molecule has 1 aromatic heterocycles. The molecule has 4 nitrogen and oxygen atoms in total. The highest BCUT2D eigenvalue weighted by Gasteiger charge is 2.23. The van der Waals surface area contributed by atoms with Crippen molar-refractivity contribution in [3.05, 3.63) is 12.1 Å². The predicted molar refractivity (Wildman–Crippen MR) is 63.5 cm³/mol. The van der Waals surface area contributed by atoms with Gasteiger partial charge in [-0.05, 0) is 30.9 Å². The van der Waals surface area contributed by atoms with Gasteiger partial charge in [-0.3, -0.25) is 0 Å². The summed E-state index contributed by atoms with van der Waals surface area (Å²) in [7, 11) is 0. The van der Waals surface area contributed by atoms with Gasteiger partial charge in [-0.1, -0.05) is 13.3 Å². The molecule has 0 bridgehead atoms. The van der Waals surface area contributed by atoms with E-state index in [0.29, 0.717) is 23.5 Å². The average Bonchev–Trinajstić information content (AvgIpc) is 2.59. The summed E-state index contributed by atoms with van der Waals surface area (Å²) in [4.78, 5) is 4.21. The van der Waals surface area contributed by atoms with Gasteiger partial charge in [0.15, 0.2) is 0 Å². The summed E-state index contributed by atoms with van der Waals surface area (Å²) in [5.41, 5.74) is 11.8. The van der Waals surface area contributed by atoms with Crippen molar-refractivity contribution in [3.63, 3.8) is 0 Å². The standard InChI is InChI=1S/C11H18N4/c1-7-3-2-4-9(7)14-10-6-5-8(12)11(13)15-10/h5-7,9H,2-4,12H2,1H3,(H3,13,14,15). The largest absolute Gasteiger partial charge is 0.396 e. The van der Waals surface area contributed by atoms with Gasteiger partial charge in [-0.25, -0.2) is 4.98 Å². The normalized spacial score (nSPS) is 25.4. The summed E-state index contributed by atoms with van der Waals surface area (Å²) in [6, 6.07) is 4.21. The summed E-state index contributed by atoms with van der Waals surface area (Å²) in [5, 5.41) is 3.41. The lowest BCUT2D eigenvalue weighted by Gasteiger charge is -2.18. The molecule has 0 aliphatic heterocycles. The van der Waals surface area contributed by atoms with E-state index in [1.807, 2.05) is 6.07 Å². The van der Waals surface area contributed by atoms with Crippen LogP contribution in [0.15, 0.2) is 12.1 Å². The average molecular weight is 206 g/mol. The van der Waals surface area contributed by atoms with Crippen LogP contribution in [-0.2, 0) is 0 Å². The Morgan fingerprint density at radius 3 is 2.73 bits per heavy atom. The summed E-state index contributed by atoms with van der Waals surface area (Å²) < 4.78 is 0. The quantitative estimate of drug-likeness (QED) is 0.690. The second-order valence-corrected chi connectivity index (χ2v) is 4.33. The highest BCUT2D eigenvalue weighted by molar-refractivity contribution is 5.61. The van der Waals surface area contributed by atoms with Gasteiger partial charge >= 0.3 is 0 Å². The summed E-state index contributed by atoms with van der Waals surface area (Å²) in [5.74, 6) is 1.96. The minimum Gasteiger partial charge on any atom is -0.396 e. The Labute approximate surface area is 90.1 Å². The number of nitrogens with one attached hydrogen (secondary N) is 1. The van der Waals surface area contributed by atoms with E-state index in [4.69, 9.17) is 11.5 Å². The van der Waals surface area contributed by atoms with E-state index in [-0.39, 0.29) is 0 Å². The Balaban J connectivity index is 2.07. The molecule has 2 rings (SSSR count). The Hall–Kier alpha value is -1.45. The van der Waals surface area contributed by atoms with Crippen molar-refractivity contribution in [2.24, 2.45) is 5.92 Å². The van der Waals surface area contributed by atoms with E-state index >= 15 is 0 Å². The first-order valence-corrected chi connectivity index (χ1v) is 5.45. The Kier molecular flexibility index (Phi) is 2.66. The van der Waals surface area contributed by atoms with Gasteiger partial charge in [0.1, 0.15) is 11.6 Å². The van der Waals surface area contributed by atoms with Gasteiger partial charge in [-0.2, -0.15) is 0 Å². The van der Waals surface area contributed by atoms with Crippen LogP contribution in [0.3, 0.4) is 0 Å². The maximum Gasteiger partial charge on any atom is 0.149 e. The third kappa shape index (κ3) is 2.14. The molecule has 1 aromatic rings. The SMILES string of the molecule is CC1CCCC1Nc1ccc(N)c(N)n1. The second kappa shape index (κ2) is 3.96. The van der Waals surface area contributed by atoms with Crippen LogP contribution in [0, 0.1) is 5.92 Å². The van der Waals surface area contributed by atoms with Crippen LogP contribution in [-0.4, -0.2) is 11.0 Å². The fourth-order valence-corrected chi connectivity index (χ4v) is 2.12. The zero-order valence-corrected chi connectivity index (χ0v) is 9.03. The van der Waals surface area contributed by atoms with Crippen molar-refractivity contribution in [1.82, 2.24) is 4.98 Å². The zero-order valence-electron chi connectivity index (χ0n) is 9.03. The number of nitrogen functional groups attached to an aromatic ring is 2. The minimum atomic E-state index is 0.408. The van der Waals surface area contributed by atoms with E-state index in [9.17, 15) is 0 Å². The fourth-order valence-electron chi connectivity index (χ4n) is 2.12. The van der Waals surface area contributed by atoms with Crippen LogP contribution in [0.2, 0.25) is 0 Å². The van der Waals surface area contributed by atoms with Crippen LogP contribution in [0.4, 0.5) is 17.3 Å². The lowest BCUT2D eigenvalue weighted by atomic mass is 10.1. The number of hydrogen-bond acceptors (Lipinski definition) is 4. The molecular formula is C11H18N4. The number of hydrogen-bond donors (Lipinski definition) is 3. The lowest BCUT2D eigenvalue weighted by molar-refractivity contribution is 0.555. The molecule has 0 spiro atoms. The van der Waals surface area contributed by atoms with Crippen molar-refractivity contribution < 1.29 is 0 Å². The van der Waals surface area contributed by atoms with Gasteiger partial charge in [-0.15, -0.1) is 0 Å². The van der Waals surface area contributed by atoms with E-state index < -0.39 is 0 Å². The molecule has 2 atom stereocenters. The first kappa shape index (κ1) is 10.1. The molecule has 1 aliphatic carbocycles. The number of nitrogens with zero attached hydrogens (tertiary/aromatic N) is 1. The van der Waals surface area contributed by atoms with Crippen molar-refractivity contribution in [1.29, 1.82) is 0 Å². The smallest absolute Gasteiger partial charge is 0.149 e. The van der Waals surface area contributed by atoms with Gasteiger partial charge in [0.05, 0.1) is 5.69 Å². The van der Waals surface area contributed by atoms with Crippen molar-refractivity contribution in [2.75, 3.05) is 16.8 Å². The zero-order chi connectivity index (χ0) is 10.8. The maximum absolute atomic E-state index is 5.65. The number of nitrogens with two attached hydrogens (primary N) is 2. The number of rotatable bonds is 2. The van der Waals surface area contributed by atoms with Crippen molar-refractivity contribution >= 4 is 17.3 Å². The molecule has 1 heterocycles. The third-order valence-electron chi connectivity index (χ3n) is 3.15. The summed E-state index contributed by atoms with van der Waals surface area (Å²) in [6.45, 7) is 2.27. The summed E-state index contributed by atoms with van der Waals surface area (Å²) >= 11 is 0. The van der Waals surface area contributed by atoms with Crippen molar-refractivity contribution in [2.45, 2.75) is 32.2 Å². The van der Waals surface area contributed by atoms with Crippen molar-refractivity contribution in [3.8, 4) is 0 Å². The van der Waals surface area contributed by atoms with Gasteiger partial charge in [0.25, 0.3) is 0 Å². The predicted octanol–water partition coefficient (Wildman–Crippen LogP) is 1.85. The molecule has 15 heavy (non-hydrogen) atoms. The van der Waals surface area contributed by atoms with Crippen LogP contribution in [0.25, 0.3) is 0 Å². The monoisotopic (exact) mass is 206 g/mol. The summed E-state index contributed by atoms with van der Waals surface area (Å²) in [6.07, 6.45) is 3.80. The first-order valence-electron chi connectivity index (χ1n) is 5.45.